The summed E-state index contributed by atoms with van der Waals surface area (Å²) in [7, 11) is 0. The number of carboxylic acid groups (broad SMARTS) is 1. The molecule has 1 heterocycles. The van der Waals surface area contributed by atoms with Crippen LogP contribution in [0.15, 0.2) is 18.5 Å². The summed E-state index contributed by atoms with van der Waals surface area (Å²) in [5.74, 6) is -1.30. The number of nitrogen functional groups attached to an aromatic ring is 1. The summed E-state index contributed by atoms with van der Waals surface area (Å²) in [5.41, 5.74) is 5.37. The largest absolute Gasteiger partial charge is 0.545 e. The van der Waals surface area contributed by atoms with Gasteiger partial charge < -0.3 is 21.8 Å². The lowest BCUT2D eigenvalue weighted by atomic mass is 10.2. The highest BCUT2D eigenvalue weighted by Gasteiger charge is 1.96. The molecule has 0 aliphatic rings. The van der Waals surface area contributed by atoms with Crippen LogP contribution in [0.4, 0.5) is 5.69 Å². The van der Waals surface area contributed by atoms with Crippen molar-refractivity contribution in [2.45, 2.75) is 0 Å². The standard InChI is InChI=1S/C6H6N2O2.H3N/c7-5-1-2-8-3-4(5)6(9)10;/h1-3H,(H2,7,8)(H,9,10);1H3. The summed E-state index contributed by atoms with van der Waals surface area (Å²) in [5, 5.41) is 10.2. The molecule has 11 heavy (non-hydrogen) atoms. The van der Waals surface area contributed by atoms with Gasteiger partial charge in [-0.3, -0.25) is 4.98 Å². The van der Waals surface area contributed by atoms with Gasteiger partial charge in [-0.25, -0.2) is 0 Å². The first-order valence-corrected chi connectivity index (χ1v) is 2.62. The van der Waals surface area contributed by atoms with Crippen molar-refractivity contribution >= 4 is 11.7 Å². The normalized spacial score (nSPS) is 8.36. The van der Waals surface area contributed by atoms with Crippen LogP contribution in [-0.2, 0) is 0 Å². The Bertz CT molecular complexity index is 262. The number of anilines is 1. The van der Waals surface area contributed by atoms with Gasteiger partial charge in [0.05, 0.1) is 5.97 Å². The quantitative estimate of drug-likeness (QED) is 0.563. The summed E-state index contributed by atoms with van der Waals surface area (Å²) in [4.78, 5) is 13.8. The van der Waals surface area contributed by atoms with Crippen molar-refractivity contribution in [1.82, 2.24) is 11.1 Å². The SMILES string of the molecule is Nc1ccncc1C(=O)[O-].[NH4+]. The number of carbonyl (C=O) groups excluding carboxylic acids is 1. The molecule has 0 aliphatic heterocycles. The highest BCUT2D eigenvalue weighted by molar-refractivity contribution is 5.91. The Morgan fingerprint density at radius 2 is 2.27 bits per heavy atom. The number of aromatic carboxylic acids is 1. The van der Waals surface area contributed by atoms with E-state index in [1.54, 1.807) is 0 Å². The minimum Gasteiger partial charge on any atom is -0.545 e. The zero-order chi connectivity index (χ0) is 7.56. The zero-order valence-corrected chi connectivity index (χ0v) is 6.07. The van der Waals surface area contributed by atoms with E-state index in [1.165, 1.54) is 12.3 Å². The molecule has 0 unspecified atom stereocenters. The van der Waals surface area contributed by atoms with Crippen LogP contribution < -0.4 is 17.0 Å². The molecule has 5 heteroatoms. The number of carboxylic acids is 1. The third-order valence-corrected chi connectivity index (χ3v) is 1.07. The van der Waals surface area contributed by atoms with Crippen molar-refractivity contribution in [3.8, 4) is 0 Å². The Balaban J connectivity index is 0.000001000. The van der Waals surface area contributed by atoms with Crippen LogP contribution in [0.5, 0.6) is 0 Å². The number of rotatable bonds is 1. The molecule has 1 aromatic rings. The lowest BCUT2D eigenvalue weighted by molar-refractivity contribution is -0.254. The molecule has 0 saturated carbocycles. The monoisotopic (exact) mass is 155 g/mol. The molecule has 0 atom stereocenters. The fourth-order valence-electron chi connectivity index (χ4n) is 0.576. The second-order valence-electron chi connectivity index (χ2n) is 1.75. The summed E-state index contributed by atoms with van der Waals surface area (Å²) >= 11 is 0. The van der Waals surface area contributed by atoms with Crippen LogP contribution >= 0.6 is 0 Å². The van der Waals surface area contributed by atoms with Crippen molar-refractivity contribution < 1.29 is 9.90 Å². The van der Waals surface area contributed by atoms with Gasteiger partial charge in [0.25, 0.3) is 0 Å². The van der Waals surface area contributed by atoms with Gasteiger partial charge in [0.1, 0.15) is 0 Å². The number of nitrogens with two attached hydrogens (primary N) is 1. The maximum atomic E-state index is 10.2. The van der Waals surface area contributed by atoms with E-state index in [0.717, 1.165) is 6.20 Å². The highest BCUT2D eigenvalue weighted by Crippen LogP contribution is 2.05. The fraction of sp³-hybridized carbons (Fsp3) is 0. The van der Waals surface area contributed by atoms with Crippen LogP contribution in [0.2, 0.25) is 0 Å². The molecule has 6 N–H and O–H groups in total. The number of hydrogen-bond acceptors (Lipinski definition) is 4. The van der Waals surface area contributed by atoms with E-state index < -0.39 is 5.97 Å². The van der Waals surface area contributed by atoms with E-state index in [1.807, 2.05) is 0 Å². The Labute approximate surface area is 63.4 Å². The van der Waals surface area contributed by atoms with Crippen molar-refractivity contribution in [2.24, 2.45) is 0 Å². The number of quaternary nitrogens is 1. The molecule has 0 aliphatic carbocycles. The van der Waals surface area contributed by atoms with Gasteiger partial charge in [0.2, 0.25) is 0 Å². The van der Waals surface area contributed by atoms with Gasteiger partial charge in [-0.05, 0) is 6.07 Å². The van der Waals surface area contributed by atoms with Crippen molar-refractivity contribution in [3.63, 3.8) is 0 Å². The van der Waals surface area contributed by atoms with E-state index in [-0.39, 0.29) is 17.4 Å². The molecular weight excluding hydrogens is 146 g/mol. The second-order valence-corrected chi connectivity index (χ2v) is 1.75. The fourth-order valence-corrected chi connectivity index (χ4v) is 0.576. The lowest BCUT2D eigenvalue weighted by Gasteiger charge is -2.02. The molecule has 1 aromatic heterocycles. The molecule has 60 valence electrons. The number of hydrogen-bond donors (Lipinski definition) is 2. The van der Waals surface area contributed by atoms with Crippen LogP contribution in [0.25, 0.3) is 0 Å². The van der Waals surface area contributed by atoms with E-state index in [4.69, 9.17) is 5.73 Å². The maximum Gasteiger partial charge on any atom is 0.0751 e. The Kier molecular flexibility index (Phi) is 3.01. The molecule has 0 saturated heterocycles. The summed E-state index contributed by atoms with van der Waals surface area (Å²) < 4.78 is 0. The number of aromatic nitrogens is 1. The number of pyridine rings is 1. The topological polar surface area (TPSA) is 116 Å². The van der Waals surface area contributed by atoms with E-state index in [2.05, 4.69) is 4.98 Å². The molecule has 0 radical (unpaired) electrons. The molecule has 5 nitrogen and oxygen atoms in total. The molecule has 1 rings (SSSR count). The predicted molar refractivity (Wildman–Crippen MR) is 39.0 cm³/mol. The lowest BCUT2D eigenvalue weighted by Crippen LogP contribution is -2.23. The first-order chi connectivity index (χ1) is 4.72. The molecule has 0 aromatic carbocycles. The van der Waals surface area contributed by atoms with Crippen molar-refractivity contribution in [3.05, 3.63) is 24.0 Å². The van der Waals surface area contributed by atoms with E-state index in [9.17, 15) is 9.90 Å². The third kappa shape index (κ3) is 1.91. The van der Waals surface area contributed by atoms with Crippen LogP contribution in [-0.4, -0.2) is 11.0 Å². The van der Waals surface area contributed by atoms with Gasteiger partial charge in [-0.1, -0.05) is 0 Å². The first-order valence-electron chi connectivity index (χ1n) is 2.62. The van der Waals surface area contributed by atoms with Gasteiger partial charge in [0.15, 0.2) is 0 Å². The van der Waals surface area contributed by atoms with Crippen LogP contribution in [0.3, 0.4) is 0 Å². The average Bonchev–Trinajstić information content (AvgIpc) is 1.88. The smallest absolute Gasteiger partial charge is 0.0751 e. The molecule has 0 fully saturated rings. The highest BCUT2D eigenvalue weighted by atomic mass is 16.4. The van der Waals surface area contributed by atoms with Crippen molar-refractivity contribution in [2.75, 3.05) is 5.73 Å². The van der Waals surface area contributed by atoms with E-state index >= 15 is 0 Å². The Morgan fingerprint density at radius 3 is 2.64 bits per heavy atom. The third-order valence-electron chi connectivity index (χ3n) is 1.07. The minimum atomic E-state index is -1.30. The van der Waals surface area contributed by atoms with Crippen molar-refractivity contribution in [1.29, 1.82) is 0 Å². The first kappa shape index (κ1) is 9.38. The predicted octanol–water partition coefficient (Wildman–Crippen LogP) is -0.597. The minimum absolute atomic E-state index is 0. The zero-order valence-electron chi connectivity index (χ0n) is 6.07. The van der Waals surface area contributed by atoms with Gasteiger partial charge in [0, 0.05) is 23.6 Å². The van der Waals surface area contributed by atoms with Gasteiger partial charge in [-0.2, -0.15) is 0 Å². The van der Waals surface area contributed by atoms with Gasteiger partial charge >= 0.3 is 0 Å². The van der Waals surface area contributed by atoms with Gasteiger partial charge in [-0.15, -0.1) is 0 Å². The van der Waals surface area contributed by atoms with E-state index in [0.29, 0.717) is 0 Å². The molecular formula is C6H9N3O2. The average molecular weight is 155 g/mol. The second kappa shape index (κ2) is 3.52. The van der Waals surface area contributed by atoms with Crippen LogP contribution in [0, 0.1) is 0 Å². The Morgan fingerprint density at radius 1 is 1.64 bits per heavy atom. The number of carbonyl (C=O) groups is 1. The van der Waals surface area contributed by atoms with Crippen LogP contribution in [0.1, 0.15) is 10.4 Å². The maximum absolute atomic E-state index is 10.2. The molecule has 0 amide bonds. The summed E-state index contributed by atoms with van der Waals surface area (Å²) in [6, 6.07) is 1.41. The molecule has 0 bridgehead atoms. The number of nitrogens with zero attached hydrogens (tertiary/aromatic N) is 1. The summed E-state index contributed by atoms with van der Waals surface area (Å²) in [6.45, 7) is 0. The Hall–Kier alpha value is -1.62. The molecule has 0 spiro atoms. The summed E-state index contributed by atoms with van der Waals surface area (Å²) in [6.07, 6.45) is 2.58.